The van der Waals surface area contributed by atoms with Crippen molar-refractivity contribution in [2.45, 2.75) is 32.1 Å². The Bertz CT molecular complexity index is 865. The van der Waals surface area contributed by atoms with Crippen molar-refractivity contribution < 1.29 is 9.59 Å². The van der Waals surface area contributed by atoms with Gasteiger partial charge in [-0.15, -0.1) is 11.3 Å². The largest absolute Gasteiger partial charge is 0.356 e. The summed E-state index contributed by atoms with van der Waals surface area (Å²) in [6.07, 6.45) is 6.11. The number of benzene rings is 1. The highest BCUT2D eigenvalue weighted by molar-refractivity contribution is 7.09. The van der Waals surface area contributed by atoms with E-state index in [0.29, 0.717) is 18.1 Å². The number of amides is 2. The molecule has 5 nitrogen and oxygen atoms in total. The van der Waals surface area contributed by atoms with Crippen LogP contribution in [0.15, 0.2) is 35.7 Å². The van der Waals surface area contributed by atoms with Crippen molar-refractivity contribution >= 4 is 40.8 Å². The van der Waals surface area contributed by atoms with Crippen LogP contribution in [0.4, 0.5) is 0 Å². The molecule has 2 heterocycles. The molecule has 1 aromatic carbocycles. The van der Waals surface area contributed by atoms with Crippen molar-refractivity contribution in [3.05, 3.63) is 57.0 Å². The Labute approximate surface area is 174 Å². The van der Waals surface area contributed by atoms with Crippen LogP contribution >= 0.6 is 22.9 Å². The number of rotatable bonds is 6. The average molecular weight is 418 g/mol. The Hall–Kier alpha value is -2.18. The Kier molecular flexibility index (Phi) is 7.23. The van der Waals surface area contributed by atoms with Crippen LogP contribution in [0.5, 0.6) is 0 Å². The van der Waals surface area contributed by atoms with E-state index in [0.717, 1.165) is 42.1 Å². The van der Waals surface area contributed by atoms with Gasteiger partial charge in [0, 0.05) is 55.4 Å². The van der Waals surface area contributed by atoms with Crippen molar-refractivity contribution in [3.8, 4) is 0 Å². The molecule has 28 heavy (non-hydrogen) atoms. The van der Waals surface area contributed by atoms with Crippen LogP contribution in [0.1, 0.15) is 41.9 Å². The van der Waals surface area contributed by atoms with Crippen molar-refractivity contribution in [2.75, 3.05) is 19.6 Å². The van der Waals surface area contributed by atoms with Gasteiger partial charge in [0.15, 0.2) is 0 Å². The first-order valence-corrected chi connectivity index (χ1v) is 10.7. The summed E-state index contributed by atoms with van der Waals surface area (Å²) in [4.78, 5) is 30.2. The van der Waals surface area contributed by atoms with Crippen LogP contribution in [0, 0.1) is 0 Å². The number of halogens is 1. The number of hydrogen-bond donors (Lipinski definition) is 1. The third-order valence-electron chi connectivity index (χ3n) is 4.72. The van der Waals surface area contributed by atoms with E-state index in [4.69, 9.17) is 16.6 Å². The van der Waals surface area contributed by atoms with Crippen molar-refractivity contribution in [2.24, 2.45) is 0 Å². The first-order chi connectivity index (χ1) is 13.5. The molecule has 1 fully saturated rings. The van der Waals surface area contributed by atoms with Gasteiger partial charge >= 0.3 is 0 Å². The average Bonchev–Trinajstić information content (AvgIpc) is 3.16. The fraction of sp³-hybridized carbons (Fsp3) is 0.381. The maximum Gasteiger partial charge on any atom is 0.246 e. The molecular weight excluding hydrogens is 394 g/mol. The SMILES string of the molecule is CC(=O)NCCc1csc([C@@H]2CCCN(C(=O)/C=C/c3ccccc3Cl)C2)n1. The predicted octanol–water partition coefficient (Wildman–Crippen LogP) is 3.89. The summed E-state index contributed by atoms with van der Waals surface area (Å²) in [7, 11) is 0. The van der Waals surface area contributed by atoms with Crippen LogP contribution in [0.25, 0.3) is 6.08 Å². The van der Waals surface area contributed by atoms with Gasteiger partial charge in [-0.05, 0) is 30.5 Å². The summed E-state index contributed by atoms with van der Waals surface area (Å²) in [6, 6.07) is 7.48. The van der Waals surface area contributed by atoms with E-state index >= 15 is 0 Å². The number of likely N-dealkylation sites (tertiary alicyclic amines) is 1. The van der Waals surface area contributed by atoms with Gasteiger partial charge < -0.3 is 10.2 Å². The molecule has 0 radical (unpaired) electrons. The van der Waals surface area contributed by atoms with Crippen LogP contribution < -0.4 is 5.32 Å². The van der Waals surface area contributed by atoms with Crippen LogP contribution in [-0.4, -0.2) is 41.3 Å². The highest BCUT2D eigenvalue weighted by Gasteiger charge is 2.25. The smallest absolute Gasteiger partial charge is 0.246 e. The number of carbonyl (C=O) groups excluding carboxylic acids is 2. The first kappa shape index (κ1) is 20.6. The zero-order valence-electron chi connectivity index (χ0n) is 15.9. The van der Waals surface area contributed by atoms with Gasteiger partial charge in [0.25, 0.3) is 0 Å². The topological polar surface area (TPSA) is 62.3 Å². The monoisotopic (exact) mass is 417 g/mol. The Morgan fingerprint density at radius 3 is 3.00 bits per heavy atom. The number of carbonyl (C=O) groups is 2. The highest BCUT2D eigenvalue weighted by Crippen LogP contribution is 2.29. The maximum atomic E-state index is 12.6. The Morgan fingerprint density at radius 2 is 2.21 bits per heavy atom. The zero-order chi connectivity index (χ0) is 19.9. The summed E-state index contributed by atoms with van der Waals surface area (Å²) < 4.78 is 0. The van der Waals surface area contributed by atoms with E-state index < -0.39 is 0 Å². The van der Waals surface area contributed by atoms with Gasteiger partial charge in [-0.25, -0.2) is 4.98 Å². The molecule has 1 aliphatic heterocycles. The molecule has 2 amide bonds. The fourth-order valence-electron chi connectivity index (χ4n) is 3.25. The minimum absolute atomic E-state index is 0.00653. The van der Waals surface area contributed by atoms with Gasteiger partial charge in [0.2, 0.25) is 11.8 Å². The Balaban J connectivity index is 1.58. The molecule has 1 aromatic heterocycles. The molecule has 0 spiro atoms. The van der Waals surface area contributed by atoms with E-state index in [1.54, 1.807) is 23.5 Å². The third-order valence-corrected chi connectivity index (χ3v) is 6.12. The lowest BCUT2D eigenvalue weighted by atomic mass is 9.98. The second-order valence-electron chi connectivity index (χ2n) is 6.89. The summed E-state index contributed by atoms with van der Waals surface area (Å²) >= 11 is 7.79. The predicted molar refractivity (Wildman–Crippen MR) is 114 cm³/mol. The van der Waals surface area contributed by atoms with E-state index in [1.165, 1.54) is 6.92 Å². The molecule has 1 aliphatic rings. The van der Waals surface area contributed by atoms with Gasteiger partial charge in [0.05, 0.1) is 10.7 Å². The number of nitrogens with one attached hydrogen (secondary N) is 1. The molecule has 0 unspecified atom stereocenters. The molecular formula is C21H24ClN3O2S. The van der Waals surface area contributed by atoms with Crippen molar-refractivity contribution in [1.82, 2.24) is 15.2 Å². The van der Waals surface area contributed by atoms with Crippen molar-refractivity contribution in [3.63, 3.8) is 0 Å². The highest BCUT2D eigenvalue weighted by atomic mass is 35.5. The number of aromatic nitrogens is 1. The van der Waals surface area contributed by atoms with Gasteiger partial charge in [-0.2, -0.15) is 0 Å². The molecule has 1 atom stereocenters. The van der Waals surface area contributed by atoms with Crippen LogP contribution in [0.2, 0.25) is 5.02 Å². The first-order valence-electron chi connectivity index (χ1n) is 9.43. The lowest BCUT2D eigenvalue weighted by Crippen LogP contribution is -2.38. The second-order valence-corrected chi connectivity index (χ2v) is 8.19. The molecule has 3 rings (SSSR count). The minimum Gasteiger partial charge on any atom is -0.356 e. The quantitative estimate of drug-likeness (QED) is 0.725. The maximum absolute atomic E-state index is 12.6. The third kappa shape index (κ3) is 5.66. The summed E-state index contributed by atoms with van der Waals surface area (Å²) in [5.74, 6) is 0.250. The Morgan fingerprint density at radius 1 is 1.39 bits per heavy atom. The summed E-state index contributed by atoms with van der Waals surface area (Å²) in [6.45, 7) is 3.56. The molecule has 0 aliphatic carbocycles. The molecule has 1 N–H and O–H groups in total. The normalized spacial score (nSPS) is 17.1. The van der Waals surface area contributed by atoms with E-state index in [-0.39, 0.29) is 17.7 Å². The molecule has 148 valence electrons. The zero-order valence-corrected chi connectivity index (χ0v) is 17.4. The number of piperidine rings is 1. The summed E-state index contributed by atoms with van der Waals surface area (Å²) in [5.41, 5.74) is 1.84. The van der Waals surface area contributed by atoms with Gasteiger partial charge in [0.1, 0.15) is 0 Å². The lowest BCUT2D eigenvalue weighted by Gasteiger charge is -2.31. The number of hydrogen-bond acceptors (Lipinski definition) is 4. The minimum atomic E-state index is -0.0262. The second kappa shape index (κ2) is 9.85. The standard InChI is InChI=1S/C21H24ClN3O2S/c1-15(26)23-11-10-18-14-28-21(24-18)17-6-4-12-25(13-17)20(27)9-8-16-5-2-3-7-19(16)22/h2-3,5,7-9,14,17H,4,6,10-13H2,1H3,(H,23,26)/b9-8+/t17-/m1/s1. The molecule has 0 bridgehead atoms. The fourth-order valence-corrected chi connectivity index (χ4v) is 4.43. The molecule has 1 saturated heterocycles. The van der Waals surface area contributed by atoms with Gasteiger partial charge in [-0.1, -0.05) is 29.8 Å². The molecule has 0 saturated carbocycles. The van der Waals surface area contributed by atoms with E-state index in [2.05, 4.69) is 10.7 Å². The molecule has 7 heteroatoms. The van der Waals surface area contributed by atoms with E-state index in [1.807, 2.05) is 29.2 Å². The van der Waals surface area contributed by atoms with Crippen molar-refractivity contribution in [1.29, 1.82) is 0 Å². The number of nitrogens with zero attached hydrogens (tertiary/aromatic N) is 2. The van der Waals surface area contributed by atoms with Crippen LogP contribution in [0.3, 0.4) is 0 Å². The number of thiazole rings is 1. The summed E-state index contributed by atoms with van der Waals surface area (Å²) in [5, 5.41) is 6.55. The lowest BCUT2D eigenvalue weighted by molar-refractivity contribution is -0.127. The van der Waals surface area contributed by atoms with E-state index in [9.17, 15) is 9.59 Å². The molecule has 2 aromatic rings. The van der Waals surface area contributed by atoms with Gasteiger partial charge in [-0.3, -0.25) is 9.59 Å². The van der Waals surface area contributed by atoms with Crippen LogP contribution in [-0.2, 0) is 16.0 Å².